The highest BCUT2D eigenvalue weighted by molar-refractivity contribution is 7.89. The number of hydrogen-bond acceptors (Lipinski definition) is 8. The second-order valence-corrected chi connectivity index (χ2v) is 22.9. The van der Waals surface area contributed by atoms with E-state index in [1.165, 1.54) is 41.8 Å². The number of rotatable bonds is 12. The molecule has 3 aromatic carbocycles. The summed E-state index contributed by atoms with van der Waals surface area (Å²) in [5.41, 5.74) is 0.861. The van der Waals surface area contributed by atoms with Crippen molar-refractivity contribution >= 4 is 55.7 Å². The van der Waals surface area contributed by atoms with Crippen LogP contribution < -0.4 is 14.9 Å². The molecule has 1 aliphatic heterocycles. The van der Waals surface area contributed by atoms with Crippen LogP contribution in [-0.4, -0.2) is 86.3 Å². The summed E-state index contributed by atoms with van der Waals surface area (Å²) in [5, 5.41) is 14.7. The molecule has 0 aromatic heterocycles. The lowest BCUT2D eigenvalue weighted by molar-refractivity contribution is -0.158. The number of allylic oxidation sites excluding steroid dienone is 1. The minimum atomic E-state index is -5.02. The fraction of sp³-hybridized carbons (Fsp3) is 0.553. The number of nitrogens with zero attached hydrogens (tertiary/aromatic N) is 2. The van der Waals surface area contributed by atoms with Gasteiger partial charge in [0.15, 0.2) is 10.8 Å². The maximum atomic E-state index is 13.2. The lowest BCUT2D eigenvalue weighted by Gasteiger charge is -2.60. The van der Waals surface area contributed by atoms with E-state index in [1.807, 2.05) is 24.3 Å². The lowest BCUT2D eigenvalue weighted by atomic mass is 9.48. The molecule has 5 fully saturated rings. The third-order valence-corrected chi connectivity index (χ3v) is 17.3. The van der Waals surface area contributed by atoms with Gasteiger partial charge in [0.1, 0.15) is 6.29 Å². The molecule has 62 heavy (non-hydrogen) atoms. The molecule has 6 aliphatic rings. The van der Waals surface area contributed by atoms with Crippen LogP contribution in [-0.2, 0) is 20.8 Å². The summed E-state index contributed by atoms with van der Waals surface area (Å²) < 4.78 is 77.8. The Balaban J connectivity index is 0.000000187. The number of carbonyl (C=O) groups is 1. The highest BCUT2D eigenvalue weighted by Gasteiger charge is 2.57. The molecule has 1 heterocycles. The van der Waals surface area contributed by atoms with Gasteiger partial charge < -0.3 is 15.3 Å². The number of anilines is 2. The molecular formula is C47H60ClF3N4O5S2. The molecule has 0 spiro atoms. The van der Waals surface area contributed by atoms with Crippen LogP contribution in [0.4, 0.5) is 24.5 Å². The number of sulfonamides is 1. The number of benzene rings is 3. The molecule has 4 unspecified atom stereocenters. The van der Waals surface area contributed by atoms with Crippen molar-refractivity contribution in [3.8, 4) is 0 Å². The average molecular weight is 918 g/mol. The summed E-state index contributed by atoms with van der Waals surface area (Å²) in [6.45, 7) is 12.8. The third kappa shape index (κ3) is 10.5. The first-order chi connectivity index (χ1) is 29.2. The number of halogens is 4. The van der Waals surface area contributed by atoms with Gasteiger partial charge in [0, 0.05) is 55.5 Å². The van der Waals surface area contributed by atoms with Gasteiger partial charge in [-0.05, 0) is 159 Å². The lowest BCUT2D eigenvalue weighted by Crippen LogP contribution is -2.57. The summed E-state index contributed by atoms with van der Waals surface area (Å²) >= 11 is 6.16. The predicted octanol–water partition coefficient (Wildman–Crippen LogP) is 9.54. The first-order valence-electron chi connectivity index (χ1n) is 21.7. The summed E-state index contributed by atoms with van der Waals surface area (Å²) in [4.78, 5) is 15.0. The van der Waals surface area contributed by atoms with Gasteiger partial charge in [-0.25, -0.2) is 17.3 Å². The Hall–Kier alpha value is -3.27. The number of carbonyl (C=O) groups excluding carboxylic acids is 1. The Morgan fingerprint density at radius 3 is 2.18 bits per heavy atom. The van der Waals surface area contributed by atoms with Gasteiger partial charge in [-0.3, -0.25) is 9.69 Å². The first kappa shape index (κ1) is 46.7. The van der Waals surface area contributed by atoms with E-state index in [-0.39, 0.29) is 16.0 Å². The predicted molar refractivity (Wildman–Crippen MR) is 241 cm³/mol. The Bertz CT molecular complexity index is 2250. The van der Waals surface area contributed by atoms with Gasteiger partial charge in [0.2, 0.25) is 10.0 Å². The number of piperazine rings is 1. The molecule has 0 amide bonds. The van der Waals surface area contributed by atoms with Crippen molar-refractivity contribution in [1.82, 2.24) is 9.62 Å². The summed E-state index contributed by atoms with van der Waals surface area (Å²) in [6.07, 6.45) is 9.54. The summed E-state index contributed by atoms with van der Waals surface area (Å²) in [7, 11) is -6.22. The highest BCUT2D eigenvalue weighted by atomic mass is 35.5. The zero-order chi connectivity index (χ0) is 44.7. The summed E-state index contributed by atoms with van der Waals surface area (Å²) in [5.74, 6) is 1.52. The number of nitrogens with one attached hydrogen (secondary N) is 2. The molecule has 5 aliphatic carbocycles. The molecule has 338 valence electrons. The van der Waals surface area contributed by atoms with Gasteiger partial charge in [-0.2, -0.15) is 13.2 Å². The Morgan fingerprint density at radius 1 is 0.968 bits per heavy atom. The van der Waals surface area contributed by atoms with Gasteiger partial charge in [-0.15, -0.1) is 0 Å². The van der Waals surface area contributed by atoms with E-state index in [1.54, 1.807) is 5.57 Å². The highest BCUT2D eigenvalue weighted by Crippen LogP contribution is 2.61. The second-order valence-electron chi connectivity index (χ2n) is 19.2. The molecule has 4 bridgehead atoms. The van der Waals surface area contributed by atoms with E-state index < -0.39 is 36.8 Å². The van der Waals surface area contributed by atoms with Crippen LogP contribution in [0.15, 0.2) is 82.1 Å². The molecular weight excluding hydrogens is 857 g/mol. The van der Waals surface area contributed by atoms with E-state index in [2.05, 4.69) is 64.9 Å². The SMILES string of the molecule is CC(C)C1(C)CCC(c2ccc(Cl)cc2)=C(CN2CCN(c3ccc(C=O)cc3)CC2)C1.CNS(=O)(=O)c1ccc(NCC23CC4CC(CC(O)(C4)C2)C3)c(S(=O)C(F)(F)F)c1. The molecule has 9 rings (SSSR count). The minimum absolute atomic E-state index is 0.00319. The van der Waals surface area contributed by atoms with E-state index >= 15 is 0 Å². The first-order valence-corrected chi connectivity index (χ1v) is 24.8. The smallest absolute Gasteiger partial charge is 0.390 e. The largest absolute Gasteiger partial charge is 0.475 e. The van der Waals surface area contributed by atoms with Gasteiger partial charge in [-0.1, -0.05) is 50.1 Å². The van der Waals surface area contributed by atoms with Crippen LogP contribution in [0.1, 0.15) is 94.5 Å². The van der Waals surface area contributed by atoms with E-state index in [4.69, 9.17) is 11.6 Å². The van der Waals surface area contributed by atoms with Crippen LogP contribution >= 0.6 is 11.6 Å². The zero-order valence-electron chi connectivity index (χ0n) is 36.1. The topological polar surface area (TPSA) is 119 Å². The maximum absolute atomic E-state index is 13.2. The Morgan fingerprint density at radius 2 is 1.61 bits per heavy atom. The molecule has 15 heteroatoms. The quantitative estimate of drug-likeness (QED) is 0.154. The molecule has 9 nitrogen and oxygen atoms in total. The van der Waals surface area contributed by atoms with Crippen molar-refractivity contribution in [2.75, 3.05) is 56.5 Å². The van der Waals surface area contributed by atoms with E-state index in [0.717, 1.165) is 101 Å². The molecule has 3 N–H and O–H groups in total. The summed E-state index contributed by atoms with van der Waals surface area (Å²) in [6, 6.07) is 19.6. The van der Waals surface area contributed by atoms with Crippen molar-refractivity contribution in [3.63, 3.8) is 0 Å². The van der Waals surface area contributed by atoms with Crippen molar-refractivity contribution in [3.05, 3.63) is 88.5 Å². The Kier molecular flexibility index (Phi) is 13.8. The normalized spacial score (nSPS) is 28.1. The van der Waals surface area contributed by atoms with Crippen molar-refractivity contribution in [2.45, 2.75) is 99.5 Å². The van der Waals surface area contributed by atoms with Crippen molar-refractivity contribution in [1.29, 1.82) is 0 Å². The van der Waals surface area contributed by atoms with Crippen molar-refractivity contribution < 1.29 is 35.7 Å². The van der Waals surface area contributed by atoms with Crippen LogP contribution in [0.25, 0.3) is 5.57 Å². The number of hydrogen-bond donors (Lipinski definition) is 3. The molecule has 4 saturated carbocycles. The van der Waals surface area contributed by atoms with E-state index in [0.29, 0.717) is 36.1 Å². The van der Waals surface area contributed by atoms with Crippen LogP contribution in [0.2, 0.25) is 5.02 Å². The Labute approximate surface area is 372 Å². The second kappa shape index (κ2) is 18.3. The zero-order valence-corrected chi connectivity index (χ0v) is 38.5. The number of aliphatic hydroxyl groups is 1. The molecule has 4 atom stereocenters. The number of aldehydes is 1. The van der Waals surface area contributed by atoms with Crippen LogP contribution in [0, 0.1) is 28.6 Å². The minimum Gasteiger partial charge on any atom is -0.390 e. The van der Waals surface area contributed by atoms with Crippen LogP contribution in [0.3, 0.4) is 0 Å². The van der Waals surface area contributed by atoms with Crippen LogP contribution in [0.5, 0.6) is 0 Å². The maximum Gasteiger partial charge on any atom is 0.475 e. The van der Waals surface area contributed by atoms with Crippen molar-refractivity contribution in [2.24, 2.45) is 28.6 Å². The molecule has 1 saturated heterocycles. The molecule has 0 radical (unpaired) electrons. The van der Waals surface area contributed by atoms with E-state index in [9.17, 15) is 35.7 Å². The number of alkyl halides is 3. The average Bonchev–Trinajstić information content (AvgIpc) is 3.22. The van der Waals surface area contributed by atoms with Gasteiger partial charge in [0.25, 0.3) is 0 Å². The fourth-order valence-corrected chi connectivity index (χ4v) is 13.0. The van der Waals surface area contributed by atoms with Gasteiger partial charge >= 0.3 is 5.51 Å². The fourth-order valence-electron chi connectivity index (χ4n) is 11.2. The monoisotopic (exact) mass is 916 g/mol. The van der Waals surface area contributed by atoms with Gasteiger partial charge in [0.05, 0.1) is 21.1 Å². The standard InChI is InChI=1S/C28H35ClN2O.C19H25F3N2O4S2/c1-21(2)28(3)13-12-27(23-6-8-25(29)9-7-23)24(18-28)19-30-14-16-31(17-15-30)26-10-4-22(20-32)5-11-26;1-23-30(27,28)14-2-3-15(16(5-14)29(26)19(20,21)22)24-11-17-6-12-4-13(7-17)9-18(25,8-12)10-17/h4-11,20-21H,12-19H2,1-3H3;2-3,5,12-13,23-25H,4,6-11H2,1H3. The third-order valence-electron chi connectivity index (χ3n) is 14.5. The molecule has 3 aromatic rings.